The number of rotatable bonds is 5. The number of amides is 1. The first-order valence-electron chi connectivity index (χ1n) is 6.06. The number of carbonyl (C=O) groups excluding carboxylic acids is 1. The van der Waals surface area contributed by atoms with Gasteiger partial charge in [-0.1, -0.05) is 13.3 Å². The minimum absolute atomic E-state index is 0.0515. The predicted molar refractivity (Wildman–Crippen MR) is 65.8 cm³/mol. The van der Waals surface area contributed by atoms with Crippen LogP contribution in [0, 0.1) is 0 Å². The molecule has 0 unspecified atom stereocenters. The number of ether oxygens (including phenoxy) is 2. The largest absolute Gasteiger partial charge is 0.454 e. The monoisotopic (exact) mass is 251 g/mol. The predicted octanol–water partition coefficient (Wildman–Crippen LogP) is 1.31. The Labute approximate surface area is 106 Å². The van der Waals surface area contributed by atoms with Crippen molar-refractivity contribution in [3.8, 4) is 11.5 Å². The molecule has 98 valence electrons. The lowest BCUT2D eigenvalue weighted by Crippen LogP contribution is -2.37. The summed E-state index contributed by atoms with van der Waals surface area (Å²) in [7, 11) is 0. The van der Waals surface area contributed by atoms with Crippen LogP contribution in [0.5, 0.6) is 11.5 Å². The van der Waals surface area contributed by atoms with Gasteiger partial charge < -0.3 is 19.9 Å². The maximum absolute atomic E-state index is 12.0. The summed E-state index contributed by atoms with van der Waals surface area (Å²) < 4.78 is 10.4. The van der Waals surface area contributed by atoms with E-state index < -0.39 is 0 Å². The second-order valence-corrected chi connectivity index (χ2v) is 4.21. The lowest BCUT2D eigenvalue weighted by Gasteiger charge is -2.15. The van der Waals surface area contributed by atoms with E-state index in [4.69, 9.17) is 14.6 Å². The molecule has 0 spiro atoms. The van der Waals surface area contributed by atoms with Crippen molar-refractivity contribution in [2.45, 2.75) is 25.8 Å². The molecule has 1 aromatic rings. The first-order valence-corrected chi connectivity index (χ1v) is 6.06. The number of carbonyl (C=O) groups is 1. The fourth-order valence-electron chi connectivity index (χ4n) is 1.86. The zero-order chi connectivity index (χ0) is 13.0. The summed E-state index contributed by atoms with van der Waals surface area (Å²) in [6.45, 7) is 2.15. The number of aliphatic hydroxyl groups is 1. The van der Waals surface area contributed by atoms with Gasteiger partial charge in [0.25, 0.3) is 5.91 Å². The van der Waals surface area contributed by atoms with Crippen molar-refractivity contribution in [1.82, 2.24) is 5.32 Å². The lowest BCUT2D eigenvalue weighted by molar-refractivity contribution is 0.0912. The number of benzene rings is 1. The number of hydrogen-bond acceptors (Lipinski definition) is 4. The minimum Gasteiger partial charge on any atom is -0.454 e. The van der Waals surface area contributed by atoms with Gasteiger partial charge in [-0.05, 0) is 24.6 Å². The molecule has 5 heteroatoms. The molecule has 0 aliphatic carbocycles. The molecule has 0 aromatic heterocycles. The van der Waals surface area contributed by atoms with Gasteiger partial charge in [0, 0.05) is 5.56 Å². The molecule has 0 saturated carbocycles. The Hall–Kier alpha value is -1.75. The van der Waals surface area contributed by atoms with Crippen LogP contribution in [0.3, 0.4) is 0 Å². The third kappa shape index (κ3) is 2.73. The van der Waals surface area contributed by atoms with Crippen LogP contribution in [0.15, 0.2) is 18.2 Å². The molecule has 1 amide bonds. The van der Waals surface area contributed by atoms with Crippen LogP contribution in [0.1, 0.15) is 30.1 Å². The zero-order valence-corrected chi connectivity index (χ0v) is 10.3. The molecule has 0 fully saturated rings. The second-order valence-electron chi connectivity index (χ2n) is 4.21. The molecule has 1 atom stereocenters. The number of hydrogen-bond donors (Lipinski definition) is 2. The van der Waals surface area contributed by atoms with Crippen molar-refractivity contribution in [3.63, 3.8) is 0 Å². The summed E-state index contributed by atoms with van der Waals surface area (Å²) in [6, 6.07) is 4.85. The van der Waals surface area contributed by atoms with E-state index in [-0.39, 0.29) is 25.3 Å². The van der Waals surface area contributed by atoms with Crippen LogP contribution in [0.25, 0.3) is 0 Å². The van der Waals surface area contributed by atoms with E-state index in [0.717, 1.165) is 12.8 Å². The Bertz CT molecular complexity index is 433. The Balaban J connectivity index is 2.04. The molecule has 1 aromatic carbocycles. The Morgan fingerprint density at radius 3 is 2.94 bits per heavy atom. The van der Waals surface area contributed by atoms with Crippen molar-refractivity contribution < 1.29 is 19.4 Å². The van der Waals surface area contributed by atoms with E-state index >= 15 is 0 Å². The average molecular weight is 251 g/mol. The average Bonchev–Trinajstić information content (AvgIpc) is 2.85. The smallest absolute Gasteiger partial charge is 0.251 e. The summed E-state index contributed by atoms with van der Waals surface area (Å²) >= 11 is 0. The van der Waals surface area contributed by atoms with Gasteiger partial charge in [-0.25, -0.2) is 0 Å². The van der Waals surface area contributed by atoms with Gasteiger partial charge in [0.1, 0.15) is 0 Å². The molecule has 2 N–H and O–H groups in total. The summed E-state index contributed by atoms with van der Waals surface area (Å²) in [5.41, 5.74) is 0.508. The quantitative estimate of drug-likeness (QED) is 0.828. The third-order valence-electron chi connectivity index (χ3n) is 2.83. The van der Waals surface area contributed by atoms with Gasteiger partial charge in [-0.3, -0.25) is 4.79 Å². The molecule has 0 radical (unpaired) electrons. The Morgan fingerprint density at radius 1 is 1.44 bits per heavy atom. The SMILES string of the molecule is CCC[C@H](CO)NC(=O)c1ccc2c(c1)OCO2. The van der Waals surface area contributed by atoms with Gasteiger partial charge in [-0.2, -0.15) is 0 Å². The highest BCUT2D eigenvalue weighted by Gasteiger charge is 2.17. The van der Waals surface area contributed by atoms with E-state index in [1.807, 2.05) is 6.92 Å². The molecule has 1 aliphatic heterocycles. The maximum atomic E-state index is 12.0. The van der Waals surface area contributed by atoms with E-state index in [2.05, 4.69) is 5.32 Å². The first kappa shape index (κ1) is 12.7. The van der Waals surface area contributed by atoms with Crippen molar-refractivity contribution >= 4 is 5.91 Å². The third-order valence-corrected chi connectivity index (χ3v) is 2.83. The van der Waals surface area contributed by atoms with Gasteiger partial charge in [0.2, 0.25) is 6.79 Å². The normalized spacial score (nSPS) is 14.3. The van der Waals surface area contributed by atoms with Crippen LogP contribution < -0.4 is 14.8 Å². The summed E-state index contributed by atoms with van der Waals surface area (Å²) in [4.78, 5) is 12.0. The Morgan fingerprint density at radius 2 is 2.22 bits per heavy atom. The molecule has 18 heavy (non-hydrogen) atoms. The number of aliphatic hydroxyl groups excluding tert-OH is 1. The second kappa shape index (κ2) is 5.73. The standard InChI is InChI=1S/C13H17NO4/c1-2-3-10(7-15)14-13(16)9-4-5-11-12(6-9)18-8-17-11/h4-6,10,15H,2-3,7-8H2,1H3,(H,14,16)/t10-/m1/s1. The van der Waals surface area contributed by atoms with E-state index in [0.29, 0.717) is 17.1 Å². The minimum atomic E-state index is -0.208. The topological polar surface area (TPSA) is 67.8 Å². The highest BCUT2D eigenvalue weighted by Crippen LogP contribution is 2.32. The fraction of sp³-hybridized carbons (Fsp3) is 0.462. The van der Waals surface area contributed by atoms with Crippen molar-refractivity contribution in [2.75, 3.05) is 13.4 Å². The van der Waals surface area contributed by atoms with E-state index in [1.165, 1.54) is 0 Å². The van der Waals surface area contributed by atoms with Gasteiger partial charge >= 0.3 is 0 Å². The molecule has 1 aliphatic rings. The molecule has 2 rings (SSSR count). The van der Waals surface area contributed by atoms with Gasteiger partial charge in [-0.15, -0.1) is 0 Å². The van der Waals surface area contributed by atoms with Crippen LogP contribution >= 0.6 is 0 Å². The van der Waals surface area contributed by atoms with Crippen LogP contribution in [-0.4, -0.2) is 30.5 Å². The molecular weight excluding hydrogens is 234 g/mol. The first-order chi connectivity index (χ1) is 8.74. The van der Waals surface area contributed by atoms with Crippen LogP contribution in [0.4, 0.5) is 0 Å². The highest BCUT2D eigenvalue weighted by atomic mass is 16.7. The van der Waals surface area contributed by atoms with Gasteiger partial charge in [0.15, 0.2) is 11.5 Å². The Kier molecular flexibility index (Phi) is 4.04. The van der Waals surface area contributed by atoms with Crippen molar-refractivity contribution in [3.05, 3.63) is 23.8 Å². The highest BCUT2D eigenvalue weighted by molar-refractivity contribution is 5.95. The maximum Gasteiger partial charge on any atom is 0.251 e. The molecule has 5 nitrogen and oxygen atoms in total. The molecule has 1 heterocycles. The van der Waals surface area contributed by atoms with E-state index in [9.17, 15) is 4.79 Å². The summed E-state index contributed by atoms with van der Waals surface area (Å²) in [5.74, 6) is 1.03. The summed E-state index contributed by atoms with van der Waals surface area (Å²) in [6.07, 6.45) is 1.67. The number of nitrogens with one attached hydrogen (secondary N) is 1. The number of fused-ring (bicyclic) bond motifs is 1. The van der Waals surface area contributed by atoms with Gasteiger partial charge in [0.05, 0.1) is 12.6 Å². The van der Waals surface area contributed by atoms with Crippen LogP contribution in [0.2, 0.25) is 0 Å². The molecule has 0 saturated heterocycles. The van der Waals surface area contributed by atoms with Crippen LogP contribution in [-0.2, 0) is 0 Å². The fourth-order valence-corrected chi connectivity index (χ4v) is 1.86. The van der Waals surface area contributed by atoms with Crippen molar-refractivity contribution in [1.29, 1.82) is 0 Å². The molecular formula is C13H17NO4. The molecule has 0 bridgehead atoms. The lowest BCUT2D eigenvalue weighted by atomic mass is 10.1. The van der Waals surface area contributed by atoms with E-state index in [1.54, 1.807) is 18.2 Å². The van der Waals surface area contributed by atoms with Crippen molar-refractivity contribution in [2.24, 2.45) is 0 Å². The zero-order valence-electron chi connectivity index (χ0n) is 10.3. The summed E-state index contributed by atoms with van der Waals surface area (Å²) in [5, 5.41) is 11.9.